The van der Waals surface area contributed by atoms with Crippen LogP contribution in [0.3, 0.4) is 0 Å². The van der Waals surface area contributed by atoms with E-state index in [1.807, 2.05) is 63.4 Å². The van der Waals surface area contributed by atoms with Gasteiger partial charge in [-0.05, 0) is 51.8 Å². The van der Waals surface area contributed by atoms with Gasteiger partial charge in [0.05, 0.1) is 11.2 Å². The zero-order valence-corrected chi connectivity index (χ0v) is 19.1. The van der Waals surface area contributed by atoms with Crippen LogP contribution >= 0.6 is 11.3 Å². The Morgan fingerprint density at radius 2 is 1.71 bits per heavy atom. The normalized spacial score (nSPS) is 12.2. The summed E-state index contributed by atoms with van der Waals surface area (Å²) >= 11 is 1.37. The summed E-state index contributed by atoms with van der Waals surface area (Å²) in [5.74, 6) is -0.267. The van der Waals surface area contributed by atoms with E-state index in [9.17, 15) is 9.59 Å². The zero-order chi connectivity index (χ0) is 22.3. The molecule has 2 aromatic heterocycles. The Bertz CT molecular complexity index is 1350. The molecule has 0 spiro atoms. The van der Waals surface area contributed by atoms with Crippen LogP contribution in [0.1, 0.15) is 35.2 Å². The maximum atomic E-state index is 13.1. The lowest BCUT2D eigenvalue weighted by Gasteiger charge is -2.20. The highest BCUT2D eigenvalue weighted by Crippen LogP contribution is 2.27. The molecule has 4 aromatic rings. The number of hydrogen-bond donors (Lipinski definition) is 1. The van der Waals surface area contributed by atoms with Gasteiger partial charge in [0, 0.05) is 22.4 Å². The average Bonchev–Trinajstić information content (AvgIpc) is 3.17. The maximum absolute atomic E-state index is 13.1. The quantitative estimate of drug-likeness (QED) is 0.460. The second-order valence-electron chi connectivity index (χ2n) is 8.08. The molecule has 2 heterocycles. The standard InChI is InChI=1S/C25H25N3O2S/c1-14-6-8-19(9-7-14)21-13-31-25(26-21)27-24(30)18(5)28-22(29)12-16(3)20-11-15(2)10-17(4)23(20)28/h6-13,18H,1-5H3,(H,26,27,30). The third-order valence-corrected chi connectivity index (χ3v) is 6.29. The van der Waals surface area contributed by atoms with Crippen LogP contribution < -0.4 is 10.9 Å². The van der Waals surface area contributed by atoms with Gasteiger partial charge in [0.25, 0.3) is 5.56 Å². The first kappa shape index (κ1) is 21.0. The van der Waals surface area contributed by atoms with Gasteiger partial charge in [0.15, 0.2) is 5.13 Å². The van der Waals surface area contributed by atoms with Crippen LogP contribution in [0.2, 0.25) is 0 Å². The van der Waals surface area contributed by atoms with Crippen molar-refractivity contribution in [3.05, 3.63) is 80.5 Å². The molecule has 6 heteroatoms. The van der Waals surface area contributed by atoms with E-state index in [0.717, 1.165) is 38.9 Å². The lowest BCUT2D eigenvalue weighted by atomic mass is 10.0. The van der Waals surface area contributed by atoms with E-state index in [2.05, 4.69) is 16.4 Å². The molecule has 0 fully saturated rings. The minimum atomic E-state index is -0.677. The van der Waals surface area contributed by atoms with E-state index in [1.54, 1.807) is 17.6 Å². The first-order chi connectivity index (χ1) is 14.7. The van der Waals surface area contributed by atoms with Crippen molar-refractivity contribution >= 4 is 33.3 Å². The van der Waals surface area contributed by atoms with Crippen LogP contribution in [0, 0.1) is 27.7 Å². The van der Waals surface area contributed by atoms with Crippen LogP contribution in [-0.4, -0.2) is 15.5 Å². The second kappa shape index (κ2) is 8.12. The van der Waals surface area contributed by atoms with Crippen molar-refractivity contribution in [1.29, 1.82) is 0 Å². The molecule has 0 aliphatic rings. The summed E-state index contributed by atoms with van der Waals surface area (Å²) in [6.45, 7) is 9.73. The molecule has 1 N–H and O–H groups in total. The summed E-state index contributed by atoms with van der Waals surface area (Å²) < 4.78 is 1.58. The lowest BCUT2D eigenvalue weighted by Crippen LogP contribution is -2.32. The Labute approximate surface area is 185 Å². The van der Waals surface area contributed by atoms with Crippen LogP contribution in [0.25, 0.3) is 22.2 Å². The number of nitrogens with zero attached hydrogens (tertiary/aromatic N) is 2. The number of aryl methyl sites for hydroxylation is 4. The number of hydrogen-bond acceptors (Lipinski definition) is 4. The molecule has 4 rings (SSSR count). The monoisotopic (exact) mass is 431 g/mol. The SMILES string of the molecule is Cc1ccc(-c2csc(NC(=O)C(C)n3c(=O)cc(C)c4cc(C)cc(C)c43)n2)cc1. The Hall–Kier alpha value is -3.25. The topological polar surface area (TPSA) is 64.0 Å². The molecule has 0 aliphatic carbocycles. The van der Waals surface area contributed by atoms with Gasteiger partial charge in [0.2, 0.25) is 5.91 Å². The number of thiazole rings is 1. The molecular weight excluding hydrogens is 406 g/mol. The first-order valence-corrected chi connectivity index (χ1v) is 11.1. The molecule has 0 radical (unpaired) electrons. The number of benzene rings is 2. The van der Waals surface area contributed by atoms with Gasteiger partial charge in [-0.2, -0.15) is 0 Å². The molecule has 1 amide bonds. The third kappa shape index (κ3) is 4.03. The van der Waals surface area contributed by atoms with Gasteiger partial charge >= 0.3 is 0 Å². The van der Waals surface area contributed by atoms with Gasteiger partial charge in [-0.3, -0.25) is 14.2 Å². The average molecular weight is 432 g/mol. The number of pyridine rings is 1. The van der Waals surface area contributed by atoms with Gasteiger partial charge in [-0.15, -0.1) is 11.3 Å². The largest absolute Gasteiger partial charge is 0.300 e. The molecule has 1 unspecified atom stereocenters. The van der Waals surface area contributed by atoms with Crippen molar-refractivity contribution in [1.82, 2.24) is 9.55 Å². The van der Waals surface area contributed by atoms with E-state index in [1.165, 1.54) is 16.9 Å². The highest BCUT2D eigenvalue weighted by Gasteiger charge is 2.21. The van der Waals surface area contributed by atoms with Crippen LogP contribution in [0.15, 0.2) is 52.6 Å². The minimum Gasteiger partial charge on any atom is -0.300 e. The van der Waals surface area contributed by atoms with Gasteiger partial charge in [-0.25, -0.2) is 4.98 Å². The van der Waals surface area contributed by atoms with E-state index >= 15 is 0 Å². The van der Waals surface area contributed by atoms with Gasteiger partial charge in [0.1, 0.15) is 6.04 Å². The van der Waals surface area contributed by atoms with Gasteiger partial charge < -0.3 is 5.32 Å². The predicted octanol–water partition coefficient (Wildman–Crippen LogP) is 5.56. The van der Waals surface area contributed by atoms with Crippen molar-refractivity contribution in [2.24, 2.45) is 0 Å². The van der Waals surface area contributed by atoms with E-state index in [-0.39, 0.29) is 11.5 Å². The fourth-order valence-electron chi connectivity index (χ4n) is 3.92. The number of aromatic nitrogens is 2. The Balaban J connectivity index is 1.66. The van der Waals surface area contributed by atoms with E-state index < -0.39 is 6.04 Å². The van der Waals surface area contributed by atoms with Crippen molar-refractivity contribution in [3.63, 3.8) is 0 Å². The van der Waals surface area contributed by atoms with Crippen molar-refractivity contribution in [2.45, 2.75) is 40.7 Å². The highest BCUT2D eigenvalue weighted by molar-refractivity contribution is 7.14. The van der Waals surface area contributed by atoms with Crippen LogP contribution in [-0.2, 0) is 4.79 Å². The van der Waals surface area contributed by atoms with E-state index in [0.29, 0.717) is 5.13 Å². The number of carbonyl (C=O) groups is 1. The predicted molar refractivity (Wildman–Crippen MR) is 128 cm³/mol. The summed E-state index contributed by atoms with van der Waals surface area (Å²) in [6, 6.07) is 13.1. The summed E-state index contributed by atoms with van der Waals surface area (Å²) in [6.07, 6.45) is 0. The fraction of sp³-hybridized carbons (Fsp3) is 0.240. The summed E-state index contributed by atoms with van der Waals surface area (Å²) in [5.41, 5.74) is 6.64. The number of anilines is 1. The zero-order valence-electron chi connectivity index (χ0n) is 18.3. The highest BCUT2D eigenvalue weighted by atomic mass is 32.1. The molecule has 1 atom stereocenters. The molecule has 158 valence electrons. The third-order valence-electron chi connectivity index (χ3n) is 5.54. The fourth-order valence-corrected chi connectivity index (χ4v) is 4.65. The molecule has 0 aliphatic heterocycles. The lowest BCUT2D eigenvalue weighted by molar-refractivity contribution is -0.118. The summed E-state index contributed by atoms with van der Waals surface area (Å²) in [4.78, 5) is 30.5. The molecule has 0 saturated heterocycles. The van der Waals surface area contributed by atoms with Crippen molar-refractivity contribution < 1.29 is 4.79 Å². The van der Waals surface area contributed by atoms with E-state index in [4.69, 9.17) is 0 Å². The molecule has 31 heavy (non-hydrogen) atoms. The maximum Gasteiger partial charge on any atom is 0.252 e. The van der Waals surface area contributed by atoms with Crippen LogP contribution in [0.4, 0.5) is 5.13 Å². The number of rotatable bonds is 4. The molecule has 0 saturated carbocycles. The minimum absolute atomic E-state index is 0.181. The second-order valence-corrected chi connectivity index (χ2v) is 8.94. The molecule has 5 nitrogen and oxygen atoms in total. The first-order valence-electron chi connectivity index (χ1n) is 10.2. The van der Waals surface area contributed by atoms with Crippen LogP contribution in [0.5, 0.6) is 0 Å². The Kier molecular flexibility index (Phi) is 5.50. The van der Waals surface area contributed by atoms with Crippen molar-refractivity contribution in [3.8, 4) is 11.3 Å². The Morgan fingerprint density at radius 1 is 1.00 bits per heavy atom. The molecule has 2 aromatic carbocycles. The molecule has 0 bridgehead atoms. The summed E-state index contributed by atoms with van der Waals surface area (Å²) in [7, 11) is 0. The number of nitrogens with one attached hydrogen (secondary N) is 1. The Morgan fingerprint density at radius 3 is 2.42 bits per heavy atom. The van der Waals surface area contributed by atoms with Crippen molar-refractivity contribution in [2.75, 3.05) is 5.32 Å². The molecular formula is C25H25N3O2S. The summed E-state index contributed by atoms with van der Waals surface area (Å²) in [5, 5.41) is 6.32. The number of carbonyl (C=O) groups excluding carboxylic acids is 1. The van der Waals surface area contributed by atoms with Gasteiger partial charge in [-0.1, -0.05) is 41.5 Å². The number of fused-ring (bicyclic) bond motifs is 1. The smallest absolute Gasteiger partial charge is 0.252 e. The number of amides is 1.